The number of nitrogens with one attached hydrogen (secondary N) is 1. The Bertz CT molecular complexity index is 753. The second-order valence-electron chi connectivity index (χ2n) is 7.43. The van der Waals surface area contributed by atoms with Crippen LogP contribution < -0.4 is 10.1 Å². The van der Waals surface area contributed by atoms with Crippen molar-refractivity contribution in [3.05, 3.63) is 65.7 Å². The highest BCUT2D eigenvalue weighted by Gasteiger charge is 2.18. The zero-order valence-electron chi connectivity index (χ0n) is 16.4. The number of carbonyl (C=O) groups is 2. The molecule has 28 heavy (non-hydrogen) atoms. The number of ether oxygens (including phenoxy) is 2. The Morgan fingerprint density at radius 2 is 1.71 bits per heavy atom. The quantitative estimate of drug-likeness (QED) is 0.678. The molecular formula is C22H27NO5. The summed E-state index contributed by atoms with van der Waals surface area (Å²) in [6.45, 7) is 5.59. The van der Waals surface area contributed by atoms with E-state index in [1.54, 1.807) is 45.0 Å². The lowest BCUT2D eigenvalue weighted by atomic mass is 10.0. The van der Waals surface area contributed by atoms with Crippen LogP contribution in [0.3, 0.4) is 0 Å². The van der Waals surface area contributed by atoms with Crippen molar-refractivity contribution >= 4 is 12.4 Å². The van der Waals surface area contributed by atoms with Crippen LogP contribution in [0.4, 0.5) is 4.79 Å². The largest absolute Gasteiger partial charge is 0.491 e. The molecular weight excluding hydrogens is 358 g/mol. The first-order valence-corrected chi connectivity index (χ1v) is 9.16. The summed E-state index contributed by atoms with van der Waals surface area (Å²) in [7, 11) is 0. The Balaban J connectivity index is 1.87. The highest BCUT2D eigenvalue weighted by molar-refractivity contribution is 5.70. The van der Waals surface area contributed by atoms with Crippen molar-refractivity contribution in [1.29, 1.82) is 0 Å². The molecule has 2 unspecified atom stereocenters. The summed E-state index contributed by atoms with van der Waals surface area (Å²) < 4.78 is 10.8. The summed E-state index contributed by atoms with van der Waals surface area (Å²) in [6, 6.07) is 16.3. The monoisotopic (exact) mass is 385 g/mol. The summed E-state index contributed by atoms with van der Waals surface area (Å²) in [6.07, 6.45) is -0.498. The van der Waals surface area contributed by atoms with Gasteiger partial charge in [-0.2, -0.15) is 0 Å². The topological polar surface area (TPSA) is 84.9 Å². The van der Waals surface area contributed by atoms with Crippen LogP contribution in [0.5, 0.6) is 5.75 Å². The van der Waals surface area contributed by atoms with Gasteiger partial charge in [0.1, 0.15) is 30.3 Å². The first-order valence-electron chi connectivity index (χ1n) is 9.16. The van der Waals surface area contributed by atoms with Gasteiger partial charge in [0, 0.05) is 6.54 Å². The normalized spacial score (nSPS) is 13.3. The van der Waals surface area contributed by atoms with E-state index in [1.165, 1.54) is 0 Å². The van der Waals surface area contributed by atoms with Crippen molar-refractivity contribution in [1.82, 2.24) is 5.32 Å². The van der Waals surface area contributed by atoms with Gasteiger partial charge in [-0.05, 0) is 44.0 Å². The third-order valence-corrected chi connectivity index (χ3v) is 3.93. The Labute approximate surface area is 165 Å². The Kier molecular flexibility index (Phi) is 7.58. The number of aldehydes is 1. The second-order valence-corrected chi connectivity index (χ2v) is 7.43. The number of carbonyl (C=O) groups excluding carboxylic acids is 2. The smallest absolute Gasteiger partial charge is 0.407 e. The predicted molar refractivity (Wildman–Crippen MR) is 106 cm³/mol. The van der Waals surface area contributed by atoms with E-state index in [9.17, 15) is 14.7 Å². The van der Waals surface area contributed by atoms with Gasteiger partial charge in [-0.25, -0.2) is 4.79 Å². The molecule has 0 aliphatic heterocycles. The maximum absolute atomic E-state index is 11.7. The van der Waals surface area contributed by atoms with Crippen molar-refractivity contribution in [3.63, 3.8) is 0 Å². The van der Waals surface area contributed by atoms with Crippen LogP contribution in [0.15, 0.2) is 54.6 Å². The van der Waals surface area contributed by atoms with Crippen LogP contribution in [-0.2, 0) is 9.53 Å². The second kappa shape index (κ2) is 9.90. The van der Waals surface area contributed by atoms with E-state index in [4.69, 9.17) is 9.47 Å². The third-order valence-electron chi connectivity index (χ3n) is 3.93. The maximum Gasteiger partial charge on any atom is 0.407 e. The first kappa shape index (κ1) is 21.4. The first-order chi connectivity index (χ1) is 13.3. The minimum absolute atomic E-state index is 0.126. The summed E-state index contributed by atoms with van der Waals surface area (Å²) in [5.74, 6) is 0.0972. The van der Waals surface area contributed by atoms with Gasteiger partial charge < -0.3 is 24.7 Å². The lowest BCUT2D eigenvalue weighted by Gasteiger charge is -2.20. The van der Waals surface area contributed by atoms with E-state index in [-0.39, 0.29) is 13.2 Å². The van der Waals surface area contributed by atoms with Crippen molar-refractivity contribution < 1.29 is 24.2 Å². The Morgan fingerprint density at radius 3 is 2.29 bits per heavy atom. The molecule has 0 spiro atoms. The Morgan fingerprint density at radius 1 is 1.07 bits per heavy atom. The van der Waals surface area contributed by atoms with Crippen molar-refractivity contribution in [2.24, 2.45) is 0 Å². The number of alkyl carbamates (subject to hydrolysis) is 1. The van der Waals surface area contributed by atoms with E-state index in [0.29, 0.717) is 5.75 Å². The molecule has 2 N–H and O–H groups in total. The van der Waals surface area contributed by atoms with Gasteiger partial charge >= 0.3 is 6.09 Å². The van der Waals surface area contributed by atoms with E-state index >= 15 is 0 Å². The molecule has 2 aromatic rings. The van der Waals surface area contributed by atoms with E-state index in [2.05, 4.69) is 5.32 Å². The molecule has 150 valence electrons. The third kappa shape index (κ3) is 7.04. The summed E-state index contributed by atoms with van der Waals surface area (Å²) in [5, 5.41) is 12.7. The van der Waals surface area contributed by atoms with Crippen LogP contribution in [-0.4, -0.2) is 36.2 Å². The lowest BCUT2D eigenvalue weighted by Crippen LogP contribution is -2.35. The molecule has 2 atom stereocenters. The van der Waals surface area contributed by atoms with Crippen molar-refractivity contribution in [2.75, 3.05) is 13.2 Å². The van der Waals surface area contributed by atoms with Gasteiger partial charge in [0.25, 0.3) is 0 Å². The molecule has 6 nitrogen and oxygen atoms in total. The highest BCUT2D eigenvalue weighted by Crippen LogP contribution is 2.20. The van der Waals surface area contributed by atoms with Gasteiger partial charge in [0.15, 0.2) is 0 Å². The molecule has 6 heteroatoms. The molecule has 0 heterocycles. The number of aliphatic hydroxyl groups excluding tert-OH is 1. The average molecular weight is 385 g/mol. The average Bonchev–Trinajstić information content (AvgIpc) is 2.67. The van der Waals surface area contributed by atoms with E-state index < -0.39 is 23.7 Å². The van der Waals surface area contributed by atoms with Crippen LogP contribution >= 0.6 is 0 Å². The summed E-state index contributed by atoms with van der Waals surface area (Å²) in [5.41, 5.74) is 0.944. The molecule has 2 aromatic carbocycles. The summed E-state index contributed by atoms with van der Waals surface area (Å²) >= 11 is 0. The zero-order chi connectivity index (χ0) is 20.6. The molecule has 0 bridgehead atoms. The van der Waals surface area contributed by atoms with Crippen molar-refractivity contribution in [3.8, 4) is 5.75 Å². The van der Waals surface area contributed by atoms with Gasteiger partial charge in [0.05, 0.1) is 5.92 Å². The predicted octanol–water partition coefficient (Wildman–Crippen LogP) is 3.61. The highest BCUT2D eigenvalue weighted by atomic mass is 16.6. The van der Waals surface area contributed by atoms with E-state index in [0.717, 1.165) is 17.4 Å². The number of benzene rings is 2. The van der Waals surface area contributed by atoms with Crippen LogP contribution in [0.1, 0.15) is 43.9 Å². The fourth-order valence-corrected chi connectivity index (χ4v) is 2.51. The molecule has 0 aromatic heterocycles. The molecule has 0 aliphatic carbocycles. The van der Waals surface area contributed by atoms with Crippen molar-refractivity contribution in [2.45, 2.75) is 38.4 Å². The molecule has 0 aliphatic rings. The van der Waals surface area contributed by atoms with Gasteiger partial charge in [-0.15, -0.1) is 0 Å². The minimum Gasteiger partial charge on any atom is -0.491 e. The van der Waals surface area contributed by atoms with Crippen LogP contribution in [0, 0.1) is 0 Å². The maximum atomic E-state index is 11.7. The van der Waals surface area contributed by atoms with Gasteiger partial charge in [-0.1, -0.05) is 42.5 Å². The minimum atomic E-state index is -0.721. The molecule has 0 radical (unpaired) electrons. The molecule has 0 fully saturated rings. The number of hydrogen-bond acceptors (Lipinski definition) is 5. The fraction of sp³-hybridized carbons (Fsp3) is 0.364. The summed E-state index contributed by atoms with van der Waals surface area (Å²) in [4.78, 5) is 23.1. The lowest BCUT2D eigenvalue weighted by molar-refractivity contribution is -0.109. The zero-order valence-corrected chi connectivity index (χ0v) is 16.4. The molecule has 0 saturated carbocycles. The van der Waals surface area contributed by atoms with E-state index in [1.807, 2.05) is 30.3 Å². The number of hydrogen-bond donors (Lipinski definition) is 2. The van der Waals surface area contributed by atoms with Crippen LogP contribution in [0.25, 0.3) is 0 Å². The number of aliphatic hydroxyl groups is 1. The fourth-order valence-electron chi connectivity index (χ4n) is 2.51. The SMILES string of the molecule is CC(C)(C)OC(=O)NCC(C=O)c1ccc(OCC(O)c2ccccc2)cc1. The number of amides is 1. The molecule has 0 saturated heterocycles. The van der Waals surface area contributed by atoms with Crippen LogP contribution in [0.2, 0.25) is 0 Å². The number of rotatable bonds is 8. The molecule has 2 rings (SSSR count). The van der Waals surface area contributed by atoms with Gasteiger partial charge in [0.2, 0.25) is 0 Å². The molecule has 1 amide bonds. The van der Waals surface area contributed by atoms with Gasteiger partial charge in [-0.3, -0.25) is 0 Å². The Hall–Kier alpha value is -2.86. The standard InChI is InChI=1S/C22H27NO5/c1-22(2,3)28-21(26)23-13-18(14-24)16-9-11-19(12-10-16)27-15-20(25)17-7-5-4-6-8-17/h4-12,14,18,20,25H,13,15H2,1-3H3,(H,23,26).